The average Bonchev–Trinajstić information content (AvgIpc) is 3.22. The zero-order valence-electron chi connectivity index (χ0n) is 15.5. The second-order valence-corrected chi connectivity index (χ2v) is 7.24. The molecule has 1 aromatic heterocycles. The lowest BCUT2D eigenvalue weighted by molar-refractivity contribution is 0.0952. The molecular formula is C20H26N4O2. The summed E-state index contributed by atoms with van der Waals surface area (Å²) in [6.07, 6.45) is 10.9. The van der Waals surface area contributed by atoms with Gasteiger partial charge in [-0.15, -0.1) is 0 Å². The number of carbonyl (C=O) groups excluding carboxylic acids is 1. The van der Waals surface area contributed by atoms with E-state index in [1.807, 2.05) is 11.8 Å². The van der Waals surface area contributed by atoms with Crippen LogP contribution < -0.4 is 5.32 Å². The predicted molar refractivity (Wildman–Crippen MR) is 102 cm³/mol. The minimum atomic E-state index is -0.0939. The molecule has 4 rings (SSSR count). The molecule has 138 valence electrons. The van der Waals surface area contributed by atoms with E-state index in [9.17, 15) is 4.79 Å². The minimum Gasteiger partial charge on any atom is -0.442 e. The summed E-state index contributed by atoms with van der Waals surface area (Å²) >= 11 is 0. The van der Waals surface area contributed by atoms with Crippen LogP contribution in [0.15, 0.2) is 26.1 Å². The van der Waals surface area contributed by atoms with E-state index in [2.05, 4.69) is 23.3 Å². The number of fused-ring (bicyclic) bond motifs is 3. The number of aliphatic imine (C=N–C) groups is 2. The number of nitrogens with zero attached hydrogens (tertiary/aromatic N) is 3. The second kappa shape index (κ2) is 7.09. The van der Waals surface area contributed by atoms with E-state index in [0.29, 0.717) is 23.8 Å². The van der Waals surface area contributed by atoms with Gasteiger partial charge in [0.05, 0.1) is 17.2 Å². The summed E-state index contributed by atoms with van der Waals surface area (Å²) in [4.78, 5) is 24.1. The number of hydrogen-bond acceptors (Lipinski definition) is 5. The number of hydrogen-bond donors (Lipinski definition) is 1. The van der Waals surface area contributed by atoms with Gasteiger partial charge in [-0.25, -0.2) is 4.99 Å². The molecule has 0 aromatic carbocycles. The Morgan fingerprint density at radius 3 is 3.08 bits per heavy atom. The summed E-state index contributed by atoms with van der Waals surface area (Å²) in [5.41, 5.74) is 2.79. The highest BCUT2D eigenvalue weighted by atomic mass is 16.4. The summed E-state index contributed by atoms with van der Waals surface area (Å²) in [5.74, 6) is 1.82. The second-order valence-electron chi connectivity index (χ2n) is 7.24. The first kappa shape index (κ1) is 17.1. The quantitative estimate of drug-likeness (QED) is 0.819. The summed E-state index contributed by atoms with van der Waals surface area (Å²) < 4.78 is 5.75. The third-order valence-electron chi connectivity index (χ3n) is 5.40. The van der Waals surface area contributed by atoms with Crippen LogP contribution in [-0.2, 0) is 0 Å². The fourth-order valence-corrected chi connectivity index (χ4v) is 3.91. The van der Waals surface area contributed by atoms with Gasteiger partial charge in [0.15, 0.2) is 0 Å². The van der Waals surface area contributed by atoms with Crippen molar-refractivity contribution < 1.29 is 9.21 Å². The normalized spacial score (nSPS) is 21.2. The van der Waals surface area contributed by atoms with E-state index in [1.165, 1.54) is 24.8 Å². The molecule has 3 heterocycles. The molecule has 0 saturated heterocycles. The van der Waals surface area contributed by atoms with Crippen molar-refractivity contribution in [1.29, 1.82) is 0 Å². The maximum absolute atomic E-state index is 12.9. The van der Waals surface area contributed by atoms with Gasteiger partial charge in [-0.05, 0) is 45.4 Å². The van der Waals surface area contributed by atoms with Gasteiger partial charge in [0.2, 0.25) is 5.88 Å². The molecule has 1 N–H and O–H groups in total. The first-order valence-electron chi connectivity index (χ1n) is 9.66. The van der Waals surface area contributed by atoms with Gasteiger partial charge in [-0.2, -0.15) is 0 Å². The van der Waals surface area contributed by atoms with Crippen LogP contribution in [0.3, 0.4) is 0 Å². The van der Waals surface area contributed by atoms with Crippen molar-refractivity contribution >= 4 is 24.0 Å². The Kier molecular flexibility index (Phi) is 4.66. The average molecular weight is 354 g/mol. The Morgan fingerprint density at radius 2 is 2.31 bits per heavy atom. The highest BCUT2D eigenvalue weighted by Gasteiger charge is 2.35. The van der Waals surface area contributed by atoms with Gasteiger partial charge < -0.3 is 14.6 Å². The summed E-state index contributed by atoms with van der Waals surface area (Å²) in [6.45, 7) is 5.41. The molecule has 1 atom stereocenters. The van der Waals surface area contributed by atoms with Gasteiger partial charge in [0.1, 0.15) is 17.9 Å². The van der Waals surface area contributed by atoms with Crippen LogP contribution in [0.1, 0.15) is 67.1 Å². The molecule has 0 unspecified atom stereocenters. The monoisotopic (exact) mass is 354 g/mol. The number of aryl methyl sites for hydroxylation is 1. The zero-order chi connectivity index (χ0) is 18.1. The highest BCUT2D eigenvalue weighted by Crippen LogP contribution is 2.35. The molecule has 0 radical (unpaired) electrons. The van der Waals surface area contributed by atoms with Crippen molar-refractivity contribution in [3.8, 4) is 0 Å². The van der Waals surface area contributed by atoms with E-state index < -0.39 is 0 Å². The summed E-state index contributed by atoms with van der Waals surface area (Å²) in [7, 11) is 0. The standard InChI is InChI=1S/C20H26N4O2/c1-3-15-11-24-12-22-20-17(18(24)23-15)16(13(2)26-20)19(25)21-10-9-14-7-5-4-6-8-14/h7,12,15H,3-6,8-11H2,1-2H3,(H,21,25)/t15-/m1/s1. The molecule has 3 aliphatic rings. The summed E-state index contributed by atoms with van der Waals surface area (Å²) in [6, 6.07) is 0.242. The van der Waals surface area contributed by atoms with Gasteiger partial charge >= 0.3 is 0 Å². The number of nitrogens with one attached hydrogen (secondary N) is 1. The fourth-order valence-electron chi connectivity index (χ4n) is 3.91. The largest absolute Gasteiger partial charge is 0.442 e. The minimum absolute atomic E-state index is 0.0939. The van der Waals surface area contributed by atoms with Gasteiger partial charge in [0, 0.05) is 13.1 Å². The van der Waals surface area contributed by atoms with Crippen LogP contribution in [0, 0.1) is 6.92 Å². The fraction of sp³-hybridized carbons (Fsp3) is 0.550. The molecule has 1 amide bonds. The molecule has 0 saturated carbocycles. The number of amides is 1. The highest BCUT2D eigenvalue weighted by molar-refractivity contribution is 6.17. The van der Waals surface area contributed by atoms with Crippen LogP contribution in [0.4, 0.5) is 5.88 Å². The SMILES string of the molecule is CC[C@@H]1CN2C=Nc3oc(C)c(C(=O)NCCC4=CCCCC4)c3C2=N1. The number of carbonyl (C=O) groups is 1. The molecular weight excluding hydrogens is 328 g/mol. The molecule has 6 heteroatoms. The van der Waals surface area contributed by atoms with Crippen molar-refractivity contribution in [1.82, 2.24) is 10.2 Å². The number of furan rings is 1. The number of allylic oxidation sites excluding steroid dienone is 1. The van der Waals surface area contributed by atoms with Crippen molar-refractivity contribution in [2.24, 2.45) is 9.98 Å². The maximum Gasteiger partial charge on any atom is 0.255 e. The van der Waals surface area contributed by atoms with Crippen LogP contribution in [0.2, 0.25) is 0 Å². The topological polar surface area (TPSA) is 70.2 Å². The molecule has 2 aliphatic heterocycles. The molecule has 1 aromatic rings. The van der Waals surface area contributed by atoms with E-state index in [4.69, 9.17) is 9.41 Å². The smallest absolute Gasteiger partial charge is 0.255 e. The molecule has 1 aliphatic carbocycles. The molecule has 26 heavy (non-hydrogen) atoms. The lowest BCUT2D eigenvalue weighted by atomic mass is 9.97. The van der Waals surface area contributed by atoms with Crippen molar-refractivity contribution in [3.05, 3.63) is 28.5 Å². The molecule has 6 nitrogen and oxygen atoms in total. The Hall–Kier alpha value is -2.37. The lowest BCUT2D eigenvalue weighted by Crippen LogP contribution is -2.33. The number of amidine groups is 1. The molecule has 0 fully saturated rings. The lowest BCUT2D eigenvalue weighted by Gasteiger charge is -2.18. The van der Waals surface area contributed by atoms with Crippen LogP contribution >= 0.6 is 0 Å². The third kappa shape index (κ3) is 3.08. The maximum atomic E-state index is 12.9. The van der Waals surface area contributed by atoms with Crippen LogP contribution in [-0.4, -0.2) is 42.1 Å². The molecule has 0 spiro atoms. The Labute approximate surface area is 154 Å². The Bertz CT molecular complexity index is 803. The Balaban J connectivity index is 1.52. The number of rotatable bonds is 5. The van der Waals surface area contributed by atoms with Gasteiger partial charge in [-0.3, -0.25) is 9.79 Å². The van der Waals surface area contributed by atoms with E-state index >= 15 is 0 Å². The molecule has 0 bridgehead atoms. The van der Waals surface area contributed by atoms with Crippen molar-refractivity contribution in [2.75, 3.05) is 13.1 Å². The predicted octanol–water partition coefficient (Wildman–Crippen LogP) is 3.72. The van der Waals surface area contributed by atoms with Gasteiger partial charge in [0.25, 0.3) is 5.91 Å². The van der Waals surface area contributed by atoms with Crippen LogP contribution in [0.5, 0.6) is 0 Å². The van der Waals surface area contributed by atoms with Crippen molar-refractivity contribution in [2.45, 2.75) is 58.4 Å². The zero-order valence-corrected chi connectivity index (χ0v) is 15.5. The third-order valence-corrected chi connectivity index (χ3v) is 5.40. The van der Waals surface area contributed by atoms with Crippen molar-refractivity contribution in [3.63, 3.8) is 0 Å². The first-order chi connectivity index (χ1) is 12.7. The van der Waals surface area contributed by atoms with Gasteiger partial charge in [-0.1, -0.05) is 18.6 Å². The van der Waals surface area contributed by atoms with E-state index in [-0.39, 0.29) is 11.9 Å². The Morgan fingerprint density at radius 1 is 1.42 bits per heavy atom. The summed E-state index contributed by atoms with van der Waals surface area (Å²) in [5, 5.41) is 3.06. The first-order valence-corrected chi connectivity index (χ1v) is 9.66. The van der Waals surface area contributed by atoms with E-state index in [0.717, 1.165) is 37.2 Å². The van der Waals surface area contributed by atoms with Crippen LogP contribution in [0.25, 0.3) is 0 Å². The van der Waals surface area contributed by atoms with E-state index in [1.54, 1.807) is 6.34 Å².